The van der Waals surface area contributed by atoms with Crippen LogP contribution in [0.4, 0.5) is 0 Å². The molecule has 0 unspecified atom stereocenters. The van der Waals surface area contributed by atoms with E-state index in [1.807, 2.05) is 54.1 Å². The number of nitrogens with zero attached hydrogens (tertiary/aromatic N) is 5. The molecule has 0 bridgehead atoms. The van der Waals surface area contributed by atoms with Gasteiger partial charge in [0.15, 0.2) is 5.82 Å². The van der Waals surface area contributed by atoms with Gasteiger partial charge < -0.3 is 9.40 Å². The third-order valence-electron chi connectivity index (χ3n) is 6.56. The molecule has 8 nitrogen and oxygen atoms in total. The third kappa shape index (κ3) is 4.99. The molecule has 1 atom stereocenters. The van der Waals surface area contributed by atoms with Gasteiger partial charge in [-0.1, -0.05) is 43.3 Å². The van der Waals surface area contributed by atoms with Crippen LogP contribution in [-0.2, 0) is 19.6 Å². The van der Waals surface area contributed by atoms with E-state index < -0.39 is 0 Å². The summed E-state index contributed by atoms with van der Waals surface area (Å²) in [5.74, 6) is 1.58. The number of aromatic nitrogens is 5. The van der Waals surface area contributed by atoms with Gasteiger partial charge in [0.2, 0.25) is 0 Å². The van der Waals surface area contributed by atoms with Gasteiger partial charge in [-0.15, -0.1) is 5.10 Å². The summed E-state index contributed by atoms with van der Waals surface area (Å²) in [7, 11) is 0. The number of tetrazole rings is 1. The summed E-state index contributed by atoms with van der Waals surface area (Å²) in [6.07, 6.45) is 2.43. The summed E-state index contributed by atoms with van der Waals surface area (Å²) in [5.41, 5.74) is 4.85. The molecule has 8 heteroatoms. The maximum Gasteiger partial charge on any atom is 0.252 e. The van der Waals surface area contributed by atoms with Gasteiger partial charge in [0.25, 0.3) is 5.56 Å². The number of hydrogen-bond donors (Lipinski definition) is 1. The summed E-state index contributed by atoms with van der Waals surface area (Å²) >= 11 is 0. The smallest absolute Gasteiger partial charge is 0.252 e. The van der Waals surface area contributed by atoms with E-state index in [9.17, 15) is 4.79 Å². The summed E-state index contributed by atoms with van der Waals surface area (Å²) in [6, 6.07) is 20.0. The molecule has 0 aliphatic carbocycles. The molecular weight excluding hydrogens is 452 g/mol. The lowest BCUT2D eigenvalue weighted by molar-refractivity contribution is 0.149. The monoisotopic (exact) mass is 482 g/mol. The van der Waals surface area contributed by atoms with E-state index >= 15 is 0 Å². The molecule has 1 N–H and O–H groups in total. The molecule has 184 valence electrons. The predicted molar refractivity (Wildman–Crippen MR) is 138 cm³/mol. The Morgan fingerprint density at radius 2 is 1.89 bits per heavy atom. The van der Waals surface area contributed by atoms with Crippen LogP contribution in [0.25, 0.3) is 10.9 Å². The van der Waals surface area contributed by atoms with Crippen LogP contribution in [0.1, 0.15) is 53.2 Å². The number of rotatable bonds is 9. The van der Waals surface area contributed by atoms with Crippen molar-refractivity contribution < 1.29 is 4.42 Å². The molecule has 0 aliphatic rings. The fourth-order valence-electron chi connectivity index (χ4n) is 4.85. The highest BCUT2D eigenvalue weighted by Crippen LogP contribution is 2.27. The molecule has 0 radical (unpaired) electrons. The lowest BCUT2D eigenvalue weighted by Gasteiger charge is -2.29. The van der Waals surface area contributed by atoms with Crippen LogP contribution < -0.4 is 5.56 Å². The lowest BCUT2D eigenvalue weighted by Crippen LogP contribution is -2.32. The SMILES string of the molecule is CC[C@@H](c1nnnn1Cc1ccccc1)N(Cc1ccco1)Cc1cc2c(C)cc(C)cc2[nH]c1=O. The van der Waals surface area contributed by atoms with Crippen molar-refractivity contribution in [1.82, 2.24) is 30.1 Å². The number of fused-ring (bicyclic) bond motifs is 1. The number of aryl methyl sites for hydroxylation is 2. The van der Waals surface area contributed by atoms with Crippen molar-refractivity contribution in [1.29, 1.82) is 0 Å². The third-order valence-corrected chi connectivity index (χ3v) is 6.56. The first kappa shape index (κ1) is 23.7. The molecule has 0 fully saturated rings. The van der Waals surface area contributed by atoms with Crippen molar-refractivity contribution in [3.05, 3.63) is 111 Å². The highest BCUT2D eigenvalue weighted by molar-refractivity contribution is 5.83. The maximum absolute atomic E-state index is 13.1. The second-order valence-electron chi connectivity index (χ2n) is 9.26. The molecule has 5 rings (SSSR count). The van der Waals surface area contributed by atoms with Gasteiger partial charge in [-0.3, -0.25) is 9.69 Å². The second-order valence-corrected chi connectivity index (χ2v) is 9.26. The summed E-state index contributed by atoms with van der Waals surface area (Å²) < 4.78 is 7.53. The number of aromatic amines is 1. The molecular formula is C28H30N6O2. The van der Waals surface area contributed by atoms with Crippen LogP contribution in [0.15, 0.2) is 76.1 Å². The van der Waals surface area contributed by atoms with E-state index in [0.29, 0.717) is 25.2 Å². The van der Waals surface area contributed by atoms with Crippen molar-refractivity contribution >= 4 is 10.9 Å². The van der Waals surface area contributed by atoms with Gasteiger partial charge in [-0.05, 0) is 71.7 Å². The highest BCUT2D eigenvalue weighted by Gasteiger charge is 2.27. The van der Waals surface area contributed by atoms with Crippen LogP contribution in [0.2, 0.25) is 0 Å². The molecule has 0 amide bonds. The fourth-order valence-corrected chi connectivity index (χ4v) is 4.85. The zero-order chi connectivity index (χ0) is 25.1. The lowest BCUT2D eigenvalue weighted by atomic mass is 10.0. The molecule has 36 heavy (non-hydrogen) atoms. The van der Waals surface area contributed by atoms with Crippen LogP contribution in [0.3, 0.4) is 0 Å². The second kappa shape index (κ2) is 10.3. The van der Waals surface area contributed by atoms with Crippen molar-refractivity contribution in [2.45, 2.75) is 52.9 Å². The van der Waals surface area contributed by atoms with E-state index in [-0.39, 0.29) is 11.6 Å². The van der Waals surface area contributed by atoms with E-state index in [1.54, 1.807) is 6.26 Å². The number of furan rings is 1. The Morgan fingerprint density at radius 3 is 2.64 bits per heavy atom. The minimum atomic E-state index is -0.122. The minimum Gasteiger partial charge on any atom is -0.468 e. The first-order chi connectivity index (χ1) is 17.5. The van der Waals surface area contributed by atoms with Gasteiger partial charge in [-0.2, -0.15) is 0 Å². The average molecular weight is 483 g/mol. The summed E-state index contributed by atoms with van der Waals surface area (Å²) in [4.78, 5) is 18.5. The molecule has 5 aromatic rings. The van der Waals surface area contributed by atoms with Gasteiger partial charge >= 0.3 is 0 Å². The quantitative estimate of drug-likeness (QED) is 0.320. The Morgan fingerprint density at radius 1 is 1.06 bits per heavy atom. The normalized spacial score (nSPS) is 12.4. The van der Waals surface area contributed by atoms with Crippen molar-refractivity contribution in [3.8, 4) is 0 Å². The van der Waals surface area contributed by atoms with Crippen molar-refractivity contribution in [3.63, 3.8) is 0 Å². The Bertz CT molecular complexity index is 1500. The van der Waals surface area contributed by atoms with Crippen LogP contribution >= 0.6 is 0 Å². The van der Waals surface area contributed by atoms with Crippen LogP contribution in [0, 0.1) is 13.8 Å². The largest absolute Gasteiger partial charge is 0.468 e. The van der Waals surface area contributed by atoms with E-state index in [0.717, 1.165) is 45.6 Å². The molecule has 0 saturated heterocycles. The van der Waals surface area contributed by atoms with E-state index in [1.165, 1.54) is 0 Å². The molecule has 3 heterocycles. The van der Waals surface area contributed by atoms with E-state index in [4.69, 9.17) is 4.42 Å². The number of pyridine rings is 1. The van der Waals surface area contributed by atoms with Crippen LogP contribution in [0.5, 0.6) is 0 Å². The molecule has 0 spiro atoms. The highest BCUT2D eigenvalue weighted by atomic mass is 16.3. The fraction of sp³-hybridized carbons (Fsp3) is 0.286. The summed E-state index contributed by atoms with van der Waals surface area (Å²) in [5, 5.41) is 13.7. The Hall–Kier alpha value is -4.04. The minimum absolute atomic E-state index is 0.0873. The van der Waals surface area contributed by atoms with Crippen LogP contribution in [-0.4, -0.2) is 30.1 Å². The maximum atomic E-state index is 13.1. The van der Waals surface area contributed by atoms with Gasteiger partial charge in [0, 0.05) is 23.0 Å². The summed E-state index contributed by atoms with van der Waals surface area (Å²) in [6.45, 7) is 7.74. The Balaban J connectivity index is 1.52. The number of nitrogens with one attached hydrogen (secondary N) is 1. The average Bonchev–Trinajstić information content (AvgIpc) is 3.54. The Kier molecular flexibility index (Phi) is 6.77. The first-order valence-corrected chi connectivity index (χ1v) is 12.2. The zero-order valence-electron chi connectivity index (χ0n) is 20.8. The molecule has 0 saturated carbocycles. The van der Waals surface area contributed by atoms with Gasteiger partial charge in [-0.25, -0.2) is 4.68 Å². The van der Waals surface area contributed by atoms with Crippen molar-refractivity contribution in [2.75, 3.05) is 0 Å². The number of benzene rings is 2. The zero-order valence-corrected chi connectivity index (χ0v) is 20.8. The Labute approximate surface area is 209 Å². The standard InChI is InChI=1S/C28H30N6O2/c1-4-26(27-30-31-32-34(27)16-21-9-6-5-7-10-21)33(18-23-11-8-12-36-23)17-22-15-24-20(3)13-19(2)14-25(24)29-28(22)35/h5-15,26H,4,16-18H2,1-3H3,(H,29,35)/t26-/m0/s1. The van der Waals surface area contributed by atoms with Gasteiger partial charge in [0.1, 0.15) is 5.76 Å². The first-order valence-electron chi connectivity index (χ1n) is 12.2. The predicted octanol–water partition coefficient (Wildman–Crippen LogP) is 4.93. The molecule has 3 aromatic heterocycles. The molecule has 2 aromatic carbocycles. The van der Waals surface area contributed by atoms with Gasteiger partial charge in [0.05, 0.1) is 25.4 Å². The number of H-pyrrole nitrogens is 1. The van der Waals surface area contributed by atoms with E-state index in [2.05, 4.69) is 57.5 Å². The van der Waals surface area contributed by atoms with Crippen molar-refractivity contribution in [2.24, 2.45) is 0 Å². The number of hydrogen-bond acceptors (Lipinski definition) is 6. The molecule has 0 aliphatic heterocycles. The topological polar surface area (TPSA) is 92.8 Å².